The smallest absolute Gasteiger partial charge is 0.319 e. The number of thioether (sulfide) groups is 1. The normalized spacial score (nSPS) is 11.3. The van der Waals surface area contributed by atoms with Crippen molar-refractivity contribution in [2.45, 2.75) is 23.8 Å². The summed E-state index contributed by atoms with van der Waals surface area (Å²) in [6, 6.07) is 1.14. The average Bonchev–Trinajstić information content (AvgIpc) is 1.99. The lowest BCUT2D eigenvalue weighted by atomic mass is 10.2. The molecular formula is C8H11N3O3S. The molecule has 82 valence electrons. The first-order chi connectivity index (χ1) is 6.81. The molecule has 0 bridgehead atoms. The summed E-state index contributed by atoms with van der Waals surface area (Å²) < 4.78 is -1.07. The van der Waals surface area contributed by atoms with Crippen LogP contribution in [0.25, 0.3) is 0 Å². The van der Waals surface area contributed by atoms with Crippen LogP contribution in [0.5, 0.6) is 0 Å². The van der Waals surface area contributed by atoms with Gasteiger partial charge in [0, 0.05) is 6.07 Å². The van der Waals surface area contributed by atoms with Crippen LogP contribution >= 0.6 is 11.8 Å². The number of nitrogens with zero attached hydrogens (tertiary/aromatic N) is 1. The number of nitrogen functional groups attached to an aromatic ring is 1. The van der Waals surface area contributed by atoms with Crippen molar-refractivity contribution in [1.82, 2.24) is 9.97 Å². The van der Waals surface area contributed by atoms with Gasteiger partial charge in [0.25, 0.3) is 5.56 Å². The zero-order chi connectivity index (χ0) is 11.6. The quantitative estimate of drug-likeness (QED) is 0.508. The fraction of sp³-hybridized carbons (Fsp3) is 0.375. The maximum atomic E-state index is 11.0. The maximum absolute atomic E-state index is 11.0. The van der Waals surface area contributed by atoms with Crippen molar-refractivity contribution in [1.29, 1.82) is 0 Å². The molecule has 6 nitrogen and oxygen atoms in total. The number of rotatable bonds is 3. The molecule has 0 radical (unpaired) electrons. The predicted octanol–water partition coefficient (Wildman–Crippen LogP) is 0.307. The van der Waals surface area contributed by atoms with Crippen LogP contribution in [0.1, 0.15) is 13.8 Å². The van der Waals surface area contributed by atoms with Crippen LogP contribution in [0.2, 0.25) is 0 Å². The Morgan fingerprint density at radius 3 is 2.73 bits per heavy atom. The minimum atomic E-state index is -1.07. The number of carboxylic acid groups (broad SMARTS) is 1. The largest absolute Gasteiger partial charge is 0.480 e. The zero-order valence-electron chi connectivity index (χ0n) is 8.27. The summed E-state index contributed by atoms with van der Waals surface area (Å²) in [6.07, 6.45) is 0. The molecule has 0 fully saturated rings. The van der Waals surface area contributed by atoms with E-state index >= 15 is 0 Å². The molecule has 7 heteroatoms. The molecule has 0 saturated carbocycles. The van der Waals surface area contributed by atoms with E-state index in [0.717, 1.165) is 17.8 Å². The van der Waals surface area contributed by atoms with E-state index in [-0.39, 0.29) is 11.0 Å². The number of carbonyl (C=O) groups is 1. The van der Waals surface area contributed by atoms with E-state index in [1.54, 1.807) is 0 Å². The third kappa shape index (κ3) is 2.98. The highest BCUT2D eigenvalue weighted by atomic mass is 32.2. The summed E-state index contributed by atoms with van der Waals surface area (Å²) in [5.74, 6) is -0.917. The number of nitrogens with two attached hydrogens (primary N) is 1. The van der Waals surface area contributed by atoms with E-state index in [0.29, 0.717) is 0 Å². The molecule has 0 atom stereocenters. The van der Waals surface area contributed by atoms with Crippen molar-refractivity contribution in [2.75, 3.05) is 5.73 Å². The molecule has 0 aliphatic carbocycles. The number of aromatic amines is 1. The van der Waals surface area contributed by atoms with E-state index in [1.165, 1.54) is 13.8 Å². The van der Waals surface area contributed by atoms with Crippen LogP contribution in [0.3, 0.4) is 0 Å². The highest BCUT2D eigenvalue weighted by molar-refractivity contribution is 8.01. The molecular weight excluding hydrogens is 218 g/mol. The van der Waals surface area contributed by atoms with E-state index < -0.39 is 16.3 Å². The van der Waals surface area contributed by atoms with Crippen LogP contribution in [-0.4, -0.2) is 25.8 Å². The molecule has 0 aromatic carbocycles. The second kappa shape index (κ2) is 3.93. The van der Waals surface area contributed by atoms with Crippen LogP contribution in [0.4, 0.5) is 5.82 Å². The number of aromatic nitrogens is 2. The molecule has 1 rings (SSSR count). The van der Waals surface area contributed by atoms with Gasteiger partial charge in [-0.25, -0.2) is 4.98 Å². The first-order valence-corrected chi connectivity index (χ1v) is 4.92. The van der Waals surface area contributed by atoms with Gasteiger partial charge in [0.15, 0.2) is 5.16 Å². The van der Waals surface area contributed by atoms with Crippen molar-refractivity contribution in [2.24, 2.45) is 0 Å². The lowest BCUT2D eigenvalue weighted by Crippen LogP contribution is -2.28. The number of anilines is 1. The monoisotopic (exact) mass is 229 g/mol. The van der Waals surface area contributed by atoms with E-state index in [4.69, 9.17) is 10.8 Å². The summed E-state index contributed by atoms with van der Waals surface area (Å²) in [5, 5.41) is 9.07. The van der Waals surface area contributed by atoms with Gasteiger partial charge in [0.1, 0.15) is 10.6 Å². The molecule has 1 heterocycles. The second-order valence-corrected chi connectivity index (χ2v) is 5.00. The first kappa shape index (κ1) is 11.6. The fourth-order valence-electron chi connectivity index (χ4n) is 0.787. The maximum Gasteiger partial charge on any atom is 0.319 e. The standard InChI is InChI=1S/C8H11N3O3S/c1-8(2,6(13)14)15-7-10-4(9)3-5(12)11-7/h3H,1-2H3,(H,13,14)(H3,9,10,11,12). The molecule has 0 saturated heterocycles. The molecule has 0 unspecified atom stereocenters. The Hall–Kier alpha value is -1.50. The Labute approximate surface area is 89.9 Å². The third-order valence-electron chi connectivity index (χ3n) is 1.61. The van der Waals surface area contributed by atoms with E-state index in [1.807, 2.05) is 0 Å². The molecule has 0 amide bonds. The minimum Gasteiger partial charge on any atom is -0.480 e. The highest BCUT2D eigenvalue weighted by Crippen LogP contribution is 2.29. The SMILES string of the molecule is CC(C)(Sc1nc(N)cc(=O)[nH]1)C(=O)O. The van der Waals surface area contributed by atoms with Gasteiger partial charge in [-0.1, -0.05) is 11.8 Å². The summed E-state index contributed by atoms with van der Waals surface area (Å²) in [6.45, 7) is 3.03. The van der Waals surface area contributed by atoms with Crippen molar-refractivity contribution in [3.8, 4) is 0 Å². The molecule has 1 aromatic rings. The molecule has 15 heavy (non-hydrogen) atoms. The molecule has 0 aliphatic rings. The zero-order valence-corrected chi connectivity index (χ0v) is 9.09. The minimum absolute atomic E-state index is 0.0717. The van der Waals surface area contributed by atoms with Crippen molar-refractivity contribution in [3.63, 3.8) is 0 Å². The van der Waals surface area contributed by atoms with Gasteiger partial charge in [-0.15, -0.1) is 0 Å². The van der Waals surface area contributed by atoms with Crippen LogP contribution in [0.15, 0.2) is 16.0 Å². The Bertz CT molecular complexity index is 441. The molecule has 1 aromatic heterocycles. The van der Waals surface area contributed by atoms with Crippen LogP contribution in [-0.2, 0) is 4.79 Å². The van der Waals surface area contributed by atoms with E-state index in [9.17, 15) is 9.59 Å². The van der Waals surface area contributed by atoms with Gasteiger partial charge in [0.05, 0.1) is 0 Å². The number of aliphatic carboxylic acids is 1. The number of nitrogens with one attached hydrogen (secondary N) is 1. The lowest BCUT2D eigenvalue weighted by molar-refractivity contribution is -0.138. The van der Waals surface area contributed by atoms with Crippen molar-refractivity contribution in [3.05, 3.63) is 16.4 Å². The number of hydrogen-bond donors (Lipinski definition) is 3. The van der Waals surface area contributed by atoms with Gasteiger partial charge >= 0.3 is 5.97 Å². The van der Waals surface area contributed by atoms with Crippen molar-refractivity contribution >= 4 is 23.5 Å². The molecule has 0 aliphatic heterocycles. The van der Waals surface area contributed by atoms with Crippen molar-refractivity contribution < 1.29 is 9.90 Å². The summed E-state index contributed by atoms with van der Waals surface area (Å²) in [7, 11) is 0. The summed E-state index contributed by atoms with van der Waals surface area (Å²) in [4.78, 5) is 28.1. The highest BCUT2D eigenvalue weighted by Gasteiger charge is 2.29. The van der Waals surface area contributed by atoms with Gasteiger partial charge in [-0.3, -0.25) is 9.59 Å². The number of carboxylic acids is 1. The topological polar surface area (TPSA) is 109 Å². The Balaban J connectivity index is 2.99. The second-order valence-electron chi connectivity index (χ2n) is 3.39. The lowest BCUT2D eigenvalue weighted by Gasteiger charge is -2.16. The van der Waals surface area contributed by atoms with Gasteiger partial charge < -0.3 is 15.8 Å². The molecule has 0 spiro atoms. The van der Waals surface area contributed by atoms with E-state index in [2.05, 4.69) is 9.97 Å². The average molecular weight is 229 g/mol. The Morgan fingerprint density at radius 2 is 2.27 bits per heavy atom. The van der Waals surface area contributed by atoms with Crippen LogP contribution in [0, 0.1) is 0 Å². The summed E-state index contributed by atoms with van der Waals surface area (Å²) in [5.41, 5.74) is 4.97. The number of hydrogen-bond acceptors (Lipinski definition) is 5. The van der Waals surface area contributed by atoms with Gasteiger partial charge in [0.2, 0.25) is 0 Å². The van der Waals surface area contributed by atoms with Crippen LogP contribution < -0.4 is 11.3 Å². The third-order valence-corrected chi connectivity index (χ3v) is 2.68. The predicted molar refractivity (Wildman–Crippen MR) is 56.8 cm³/mol. The molecule has 4 N–H and O–H groups in total. The summed E-state index contributed by atoms with van der Waals surface area (Å²) >= 11 is 0.936. The van der Waals surface area contributed by atoms with Gasteiger partial charge in [-0.05, 0) is 13.8 Å². The first-order valence-electron chi connectivity index (χ1n) is 4.10. The number of H-pyrrole nitrogens is 1. The Morgan fingerprint density at radius 1 is 1.67 bits per heavy atom. The Kier molecular flexibility index (Phi) is 3.04. The van der Waals surface area contributed by atoms with Gasteiger partial charge in [-0.2, -0.15) is 0 Å². The fourth-order valence-corrected chi connectivity index (χ4v) is 1.66.